The molecule has 30 heavy (non-hydrogen) atoms. The Morgan fingerprint density at radius 3 is 2.27 bits per heavy atom. The third kappa shape index (κ3) is 7.02. The number of rotatable bonds is 8. The van der Waals surface area contributed by atoms with Crippen LogP contribution in [0.2, 0.25) is 0 Å². The van der Waals surface area contributed by atoms with Crippen LogP contribution < -0.4 is 14.8 Å². The van der Waals surface area contributed by atoms with Gasteiger partial charge in [-0.1, -0.05) is 12.1 Å². The quantitative estimate of drug-likeness (QED) is 0.320. The summed E-state index contributed by atoms with van der Waals surface area (Å²) < 4.78 is 24.0. The van der Waals surface area contributed by atoms with E-state index in [-0.39, 0.29) is 35.8 Å². The second-order valence-electron chi connectivity index (χ2n) is 6.99. The normalized spacial score (nSPS) is 12.2. The predicted molar refractivity (Wildman–Crippen MR) is 131 cm³/mol. The molecule has 1 atom stereocenters. The SMILES string of the molecule is CN=C(NCC(c1ccc(F)cc1)N(C)C)N(C)Cc1ccc(OC)cc1OC.I. The average molecular weight is 530 g/mol. The average Bonchev–Trinajstić information content (AvgIpc) is 2.72. The fourth-order valence-corrected chi connectivity index (χ4v) is 3.17. The number of nitrogens with one attached hydrogen (secondary N) is 1. The Balaban J connectivity index is 0.00000450. The Labute approximate surface area is 196 Å². The Hall–Kier alpha value is -2.07. The van der Waals surface area contributed by atoms with Crippen molar-refractivity contribution in [3.05, 3.63) is 59.4 Å². The van der Waals surface area contributed by atoms with Gasteiger partial charge in [-0.15, -0.1) is 24.0 Å². The van der Waals surface area contributed by atoms with E-state index in [2.05, 4.69) is 15.2 Å². The van der Waals surface area contributed by atoms with Gasteiger partial charge in [0.15, 0.2) is 5.96 Å². The second kappa shape index (κ2) is 12.6. The minimum atomic E-state index is -0.233. The number of likely N-dealkylation sites (N-methyl/N-ethyl adjacent to an activating group) is 1. The molecular weight excluding hydrogens is 498 g/mol. The number of guanidine groups is 1. The molecule has 1 unspecified atom stereocenters. The van der Waals surface area contributed by atoms with Gasteiger partial charge in [-0.3, -0.25) is 4.99 Å². The summed E-state index contributed by atoms with van der Waals surface area (Å²) >= 11 is 0. The van der Waals surface area contributed by atoms with Gasteiger partial charge in [-0.05, 0) is 43.9 Å². The molecule has 0 aliphatic heterocycles. The molecule has 8 heteroatoms. The number of hydrogen-bond donors (Lipinski definition) is 1. The van der Waals surface area contributed by atoms with Crippen LogP contribution in [0.4, 0.5) is 4.39 Å². The Morgan fingerprint density at radius 1 is 1.07 bits per heavy atom. The lowest BCUT2D eigenvalue weighted by Gasteiger charge is -2.28. The van der Waals surface area contributed by atoms with E-state index in [1.165, 1.54) is 12.1 Å². The third-order valence-electron chi connectivity index (χ3n) is 4.81. The summed E-state index contributed by atoms with van der Waals surface area (Å²) in [6, 6.07) is 12.5. The van der Waals surface area contributed by atoms with E-state index < -0.39 is 0 Å². The number of halogens is 2. The van der Waals surface area contributed by atoms with Gasteiger partial charge in [0.1, 0.15) is 17.3 Å². The molecule has 0 heterocycles. The summed E-state index contributed by atoms with van der Waals surface area (Å²) in [7, 11) is 11.0. The molecule has 0 saturated heterocycles. The summed E-state index contributed by atoms with van der Waals surface area (Å²) in [5, 5.41) is 3.42. The van der Waals surface area contributed by atoms with E-state index >= 15 is 0 Å². The molecule has 0 aliphatic rings. The first kappa shape index (κ1) is 26.0. The molecule has 0 spiro atoms. The maximum atomic E-state index is 13.3. The molecule has 0 aliphatic carbocycles. The van der Waals surface area contributed by atoms with E-state index in [1.54, 1.807) is 21.3 Å². The Kier molecular flexibility index (Phi) is 10.9. The first-order valence-electron chi connectivity index (χ1n) is 9.44. The maximum Gasteiger partial charge on any atom is 0.193 e. The molecule has 0 saturated carbocycles. The highest BCUT2D eigenvalue weighted by Crippen LogP contribution is 2.25. The van der Waals surface area contributed by atoms with E-state index in [1.807, 2.05) is 56.4 Å². The maximum absolute atomic E-state index is 13.3. The summed E-state index contributed by atoms with van der Waals surface area (Å²) in [5.74, 6) is 2.05. The first-order valence-corrected chi connectivity index (χ1v) is 9.44. The van der Waals surface area contributed by atoms with Crippen LogP contribution in [-0.4, -0.2) is 64.7 Å². The Bertz CT molecular complexity index is 815. The highest BCUT2D eigenvalue weighted by atomic mass is 127. The van der Waals surface area contributed by atoms with Crippen molar-refractivity contribution in [1.29, 1.82) is 0 Å². The second-order valence-corrected chi connectivity index (χ2v) is 6.99. The molecule has 166 valence electrons. The molecular formula is C22H32FIN4O2. The van der Waals surface area contributed by atoms with E-state index in [0.717, 1.165) is 28.6 Å². The van der Waals surface area contributed by atoms with Crippen LogP contribution in [-0.2, 0) is 6.54 Å². The van der Waals surface area contributed by atoms with Gasteiger partial charge in [0.25, 0.3) is 0 Å². The zero-order valence-corrected chi connectivity index (χ0v) is 20.8. The standard InChI is InChI=1S/C22H31FN4O2.HI/c1-24-22(25-14-20(26(2)3)16-7-10-18(23)11-8-16)27(4)15-17-9-12-19(28-5)13-21(17)29-6;/h7-13,20H,14-15H2,1-6H3,(H,24,25);1H. The van der Waals surface area contributed by atoms with Crippen molar-refractivity contribution in [3.63, 3.8) is 0 Å². The number of aliphatic imine (C=N–C) groups is 1. The lowest BCUT2D eigenvalue weighted by molar-refractivity contribution is 0.295. The molecule has 0 aromatic heterocycles. The predicted octanol–water partition coefficient (Wildman–Crippen LogP) is 3.77. The molecule has 0 radical (unpaired) electrons. The number of ether oxygens (including phenoxy) is 2. The smallest absolute Gasteiger partial charge is 0.193 e. The summed E-state index contributed by atoms with van der Waals surface area (Å²) in [5.41, 5.74) is 2.07. The first-order chi connectivity index (χ1) is 13.9. The minimum Gasteiger partial charge on any atom is -0.497 e. The largest absolute Gasteiger partial charge is 0.497 e. The molecule has 2 rings (SSSR count). The van der Waals surface area contributed by atoms with Crippen molar-refractivity contribution in [2.24, 2.45) is 4.99 Å². The van der Waals surface area contributed by atoms with E-state index in [4.69, 9.17) is 9.47 Å². The van der Waals surface area contributed by atoms with Crippen molar-refractivity contribution < 1.29 is 13.9 Å². The zero-order valence-electron chi connectivity index (χ0n) is 18.5. The monoisotopic (exact) mass is 530 g/mol. The van der Waals surface area contributed by atoms with Gasteiger partial charge in [0.2, 0.25) is 0 Å². The zero-order chi connectivity index (χ0) is 21.4. The Morgan fingerprint density at radius 2 is 1.73 bits per heavy atom. The van der Waals surface area contributed by atoms with Crippen LogP contribution in [0.3, 0.4) is 0 Å². The molecule has 6 nitrogen and oxygen atoms in total. The molecule has 2 aromatic carbocycles. The van der Waals surface area contributed by atoms with Gasteiger partial charge in [-0.25, -0.2) is 4.39 Å². The number of hydrogen-bond acceptors (Lipinski definition) is 4. The lowest BCUT2D eigenvalue weighted by Crippen LogP contribution is -2.42. The molecule has 1 N–H and O–H groups in total. The molecule has 0 bridgehead atoms. The topological polar surface area (TPSA) is 49.3 Å². The van der Waals surface area contributed by atoms with Crippen LogP contribution in [0.15, 0.2) is 47.5 Å². The highest BCUT2D eigenvalue weighted by molar-refractivity contribution is 14.0. The third-order valence-corrected chi connectivity index (χ3v) is 4.81. The van der Waals surface area contributed by atoms with Crippen molar-refractivity contribution in [1.82, 2.24) is 15.1 Å². The van der Waals surface area contributed by atoms with Crippen LogP contribution in [0, 0.1) is 5.82 Å². The lowest BCUT2D eigenvalue weighted by atomic mass is 10.1. The molecule has 2 aromatic rings. The number of benzene rings is 2. The molecule has 0 fully saturated rings. The number of methoxy groups -OCH3 is 2. The molecule has 0 amide bonds. The van der Waals surface area contributed by atoms with Gasteiger partial charge >= 0.3 is 0 Å². The van der Waals surface area contributed by atoms with Crippen LogP contribution in [0.5, 0.6) is 11.5 Å². The highest BCUT2D eigenvalue weighted by Gasteiger charge is 2.17. The van der Waals surface area contributed by atoms with Crippen LogP contribution in [0.1, 0.15) is 17.2 Å². The summed E-state index contributed by atoms with van der Waals surface area (Å²) in [6.07, 6.45) is 0. The van der Waals surface area contributed by atoms with E-state index in [9.17, 15) is 4.39 Å². The number of nitrogens with zero attached hydrogens (tertiary/aromatic N) is 3. The summed E-state index contributed by atoms with van der Waals surface area (Å²) in [4.78, 5) is 8.53. The van der Waals surface area contributed by atoms with Crippen molar-refractivity contribution in [2.75, 3.05) is 49.0 Å². The van der Waals surface area contributed by atoms with Gasteiger partial charge < -0.3 is 24.6 Å². The fourth-order valence-electron chi connectivity index (χ4n) is 3.17. The fraction of sp³-hybridized carbons (Fsp3) is 0.409. The van der Waals surface area contributed by atoms with Crippen molar-refractivity contribution in [3.8, 4) is 11.5 Å². The van der Waals surface area contributed by atoms with Crippen LogP contribution in [0.25, 0.3) is 0 Å². The van der Waals surface area contributed by atoms with Gasteiger partial charge in [0.05, 0.1) is 20.3 Å². The van der Waals surface area contributed by atoms with Crippen molar-refractivity contribution in [2.45, 2.75) is 12.6 Å². The van der Waals surface area contributed by atoms with Crippen molar-refractivity contribution >= 4 is 29.9 Å². The summed E-state index contributed by atoms with van der Waals surface area (Å²) in [6.45, 7) is 1.26. The van der Waals surface area contributed by atoms with Crippen LogP contribution >= 0.6 is 24.0 Å². The van der Waals surface area contributed by atoms with E-state index in [0.29, 0.717) is 13.1 Å². The minimum absolute atomic E-state index is 0. The van der Waals surface area contributed by atoms with Gasteiger partial charge in [-0.2, -0.15) is 0 Å². The van der Waals surface area contributed by atoms with Gasteiger partial charge in [0, 0.05) is 38.8 Å².